The number of aryl methyl sites for hydroxylation is 1. The molecule has 1 aliphatic rings. The second-order valence-electron chi connectivity index (χ2n) is 5.32. The number of rotatable bonds is 3. The zero-order chi connectivity index (χ0) is 14.7. The van der Waals surface area contributed by atoms with Crippen LogP contribution >= 0.6 is 0 Å². The van der Waals surface area contributed by atoms with Gasteiger partial charge in [0, 0.05) is 17.8 Å². The molecule has 0 radical (unpaired) electrons. The first kappa shape index (κ1) is 13.8. The van der Waals surface area contributed by atoms with Gasteiger partial charge in [0.15, 0.2) is 0 Å². The number of benzene rings is 1. The summed E-state index contributed by atoms with van der Waals surface area (Å²) >= 11 is 0. The van der Waals surface area contributed by atoms with Crippen molar-refractivity contribution in [2.45, 2.75) is 26.4 Å². The normalized spacial score (nSPS) is 13.6. The van der Waals surface area contributed by atoms with Gasteiger partial charge < -0.3 is 10.6 Å². The predicted molar refractivity (Wildman–Crippen MR) is 82.0 cm³/mol. The Hall–Kier alpha value is -2.20. The molecule has 1 aromatic heterocycles. The number of nitrogens with one attached hydrogen (secondary N) is 2. The number of pyridine rings is 1. The number of carbonyl (C=O) groups is 1. The Morgan fingerprint density at radius 3 is 3.00 bits per heavy atom. The molecule has 0 bridgehead atoms. The van der Waals surface area contributed by atoms with Gasteiger partial charge in [-0.1, -0.05) is 18.2 Å². The SMILES string of the molecule is Cc1cccc(CNC(=O)c2cccc3c2CCNC3)n1. The van der Waals surface area contributed by atoms with Crippen molar-refractivity contribution in [2.75, 3.05) is 6.54 Å². The third-order valence-electron chi connectivity index (χ3n) is 3.76. The molecule has 2 heterocycles. The molecule has 4 nitrogen and oxygen atoms in total. The van der Waals surface area contributed by atoms with E-state index in [1.54, 1.807) is 0 Å². The summed E-state index contributed by atoms with van der Waals surface area (Å²) in [6.07, 6.45) is 0.904. The highest BCUT2D eigenvalue weighted by molar-refractivity contribution is 5.96. The van der Waals surface area contributed by atoms with E-state index >= 15 is 0 Å². The van der Waals surface area contributed by atoms with Crippen LogP contribution in [0.25, 0.3) is 0 Å². The van der Waals surface area contributed by atoms with Crippen molar-refractivity contribution in [3.63, 3.8) is 0 Å². The number of carbonyl (C=O) groups excluding carboxylic acids is 1. The number of aromatic nitrogens is 1. The Bertz CT molecular complexity index is 667. The third-order valence-corrected chi connectivity index (χ3v) is 3.76. The number of nitrogens with zero attached hydrogens (tertiary/aromatic N) is 1. The fourth-order valence-electron chi connectivity index (χ4n) is 2.71. The number of fused-ring (bicyclic) bond motifs is 1. The molecule has 0 fully saturated rings. The molecular weight excluding hydrogens is 262 g/mol. The first-order chi connectivity index (χ1) is 10.2. The Balaban J connectivity index is 1.74. The van der Waals surface area contributed by atoms with E-state index in [0.29, 0.717) is 6.54 Å². The Morgan fingerprint density at radius 1 is 1.29 bits per heavy atom. The zero-order valence-corrected chi connectivity index (χ0v) is 12.1. The summed E-state index contributed by atoms with van der Waals surface area (Å²) in [5.74, 6) is -0.0166. The van der Waals surface area contributed by atoms with Crippen LogP contribution < -0.4 is 10.6 Å². The van der Waals surface area contributed by atoms with E-state index in [-0.39, 0.29) is 5.91 Å². The summed E-state index contributed by atoms with van der Waals surface area (Å²) in [6, 6.07) is 11.8. The molecule has 1 aromatic carbocycles. The maximum Gasteiger partial charge on any atom is 0.251 e. The lowest BCUT2D eigenvalue weighted by molar-refractivity contribution is 0.0949. The minimum atomic E-state index is -0.0166. The van der Waals surface area contributed by atoms with Crippen molar-refractivity contribution in [3.8, 4) is 0 Å². The van der Waals surface area contributed by atoms with Crippen LogP contribution in [0, 0.1) is 6.92 Å². The van der Waals surface area contributed by atoms with E-state index in [1.807, 2.05) is 37.3 Å². The highest BCUT2D eigenvalue weighted by atomic mass is 16.1. The van der Waals surface area contributed by atoms with E-state index in [0.717, 1.165) is 36.5 Å². The average molecular weight is 281 g/mol. The minimum absolute atomic E-state index is 0.0166. The first-order valence-corrected chi connectivity index (χ1v) is 7.26. The van der Waals surface area contributed by atoms with Gasteiger partial charge in [0.1, 0.15) is 0 Å². The van der Waals surface area contributed by atoms with Crippen LogP contribution in [0.4, 0.5) is 0 Å². The van der Waals surface area contributed by atoms with Crippen LogP contribution in [-0.4, -0.2) is 17.4 Å². The Morgan fingerprint density at radius 2 is 2.14 bits per heavy atom. The van der Waals surface area contributed by atoms with E-state index in [2.05, 4.69) is 21.7 Å². The lowest BCUT2D eigenvalue weighted by Gasteiger charge is -2.19. The molecule has 4 heteroatoms. The lowest BCUT2D eigenvalue weighted by Crippen LogP contribution is -2.29. The van der Waals surface area contributed by atoms with Crippen LogP contribution in [0.15, 0.2) is 36.4 Å². The summed E-state index contributed by atoms with van der Waals surface area (Å²) in [5.41, 5.74) is 5.04. The van der Waals surface area contributed by atoms with Gasteiger partial charge in [0.25, 0.3) is 5.91 Å². The van der Waals surface area contributed by atoms with Crippen LogP contribution in [0.3, 0.4) is 0 Å². The summed E-state index contributed by atoms with van der Waals surface area (Å²) in [4.78, 5) is 16.8. The highest BCUT2D eigenvalue weighted by Crippen LogP contribution is 2.18. The van der Waals surface area contributed by atoms with Gasteiger partial charge in [0.2, 0.25) is 0 Å². The van der Waals surface area contributed by atoms with Gasteiger partial charge in [0.05, 0.1) is 12.2 Å². The molecule has 2 aromatic rings. The number of hydrogen-bond acceptors (Lipinski definition) is 3. The molecular formula is C17H19N3O. The maximum absolute atomic E-state index is 12.4. The first-order valence-electron chi connectivity index (χ1n) is 7.26. The van der Waals surface area contributed by atoms with E-state index in [1.165, 1.54) is 11.1 Å². The highest BCUT2D eigenvalue weighted by Gasteiger charge is 2.16. The quantitative estimate of drug-likeness (QED) is 0.904. The fourth-order valence-corrected chi connectivity index (χ4v) is 2.71. The van der Waals surface area contributed by atoms with Crippen molar-refractivity contribution in [2.24, 2.45) is 0 Å². The third kappa shape index (κ3) is 3.11. The van der Waals surface area contributed by atoms with E-state index in [9.17, 15) is 4.79 Å². The van der Waals surface area contributed by atoms with Crippen LogP contribution in [0.2, 0.25) is 0 Å². The molecule has 108 valence electrons. The summed E-state index contributed by atoms with van der Waals surface area (Å²) in [7, 11) is 0. The maximum atomic E-state index is 12.4. The van der Waals surface area contributed by atoms with Gasteiger partial charge in [-0.2, -0.15) is 0 Å². The van der Waals surface area contributed by atoms with Crippen LogP contribution in [0.1, 0.15) is 32.9 Å². The molecule has 0 atom stereocenters. The molecule has 21 heavy (non-hydrogen) atoms. The topological polar surface area (TPSA) is 54.0 Å². The van der Waals surface area contributed by atoms with Crippen molar-refractivity contribution in [1.82, 2.24) is 15.6 Å². The van der Waals surface area contributed by atoms with Crippen LogP contribution in [0.5, 0.6) is 0 Å². The smallest absolute Gasteiger partial charge is 0.251 e. The molecule has 0 unspecified atom stereocenters. The number of hydrogen-bond donors (Lipinski definition) is 2. The average Bonchev–Trinajstić information content (AvgIpc) is 2.52. The second-order valence-corrected chi connectivity index (χ2v) is 5.32. The predicted octanol–water partition coefficient (Wildman–Crippen LogP) is 1.97. The lowest BCUT2D eigenvalue weighted by atomic mass is 9.95. The zero-order valence-electron chi connectivity index (χ0n) is 12.1. The molecule has 0 saturated heterocycles. The molecule has 2 N–H and O–H groups in total. The molecule has 0 saturated carbocycles. The Kier molecular flexibility index (Phi) is 3.97. The summed E-state index contributed by atoms with van der Waals surface area (Å²) in [5, 5.41) is 6.30. The van der Waals surface area contributed by atoms with E-state index in [4.69, 9.17) is 0 Å². The Labute approximate surface area is 124 Å². The second kappa shape index (κ2) is 6.06. The van der Waals surface area contributed by atoms with Crippen molar-refractivity contribution in [3.05, 3.63) is 64.5 Å². The summed E-state index contributed by atoms with van der Waals surface area (Å²) in [6.45, 7) is 4.18. The molecule has 1 amide bonds. The van der Waals surface area contributed by atoms with Crippen LogP contribution in [-0.2, 0) is 19.5 Å². The fraction of sp³-hybridized carbons (Fsp3) is 0.294. The largest absolute Gasteiger partial charge is 0.346 e. The van der Waals surface area contributed by atoms with Gasteiger partial charge in [-0.25, -0.2) is 0 Å². The number of amides is 1. The van der Waals surface area contributed by atoms with Crippen molar-refractivity contribution < 1.29 is 4.79 Å². The molecule has 0 aliphatic carbocycles. The standard InChI is InChI=1S/C17H19N3O/c1-12-4-2-6-14(20-12)11-19-17(21)16-7-3-5-13-10-18-9-8-15(13)16/h2-7,18H,8-11H2,1H3,(H,19,21). The van der Waals surface area contributed by atoms with Gasteiger partial charge >= 0.3 is 0 Å². The van der Waals surface area contributed by atoms with Gasteiger partial charge in [-0.3, -0.25) is 9.78 Å². The summed E-state index contributed by atoms with van der Waals surface area (Å²) < 4.78 is 0. The molecule has 1 aliphatic heterocycles. The monoisotopic (exact) mass is 281 g/mol. The van der Waals surface area contributed by atoms with Gasteiger partial charge in [-0.05, 0) is 49.2 Å². The van der Waals surface area contributed by atoms with E-state index < -0.39 is 0 Å². The molecule has 3 rings (SSSR count). The van der Waals surface area contributed by atoms with Crippen molar-refractivity contribution >= 4 is 5.91 Å². The van der Waals surface area contributed by atoms with Gasteiger partial charge in [-0.15, -0.1) is 0 Å². The molecule has 0 spiro atoms. The van der Waals surface area contributed by atoms with Crippen molar-refractivity contribution in [1.29, 1.82) is 0 Å². The minimum Gasteiger partial charge on any atom is -0.346 e.